The van der Waals surface area contributed by atoms with Crippen molar-refractivity contribution < 1.29 is 4.79 Å². The van der Waals surface area contributed by atoms with Gasteiger partial charge in [-0.15, -0.1) is 0 Å². The number of rotatable bonds is 14. The molecule has 4 heteroatoms. The van der Waals surface area contributed by atoms with Crippen molar-refractivity contribution in [3.63, 3.8) is 0 Å². The predicted octanol–water partition coefficient (Wildman–Crippen LogP) is 5.41. The lowest BCUT2D eigenvalue weighted by molar-refractivity contribution is -0.116. The van der Waals surface area contributed by atoms with Crippen LogP contribution in [0, 0.1) is 0 Å². The number of carbonyl (C=O) groups is 1. The largest absolute Gasteiger partial charge is 0.352 e. The first-order valence-electron chi connectivity index (χ1n) is 10.6. The Morgan fingerprint density at radius 1 is 1.07 bits per heavy atom. The molecule has 148 valence electrons. The van der Waals surface area contributed by atoms with E-state index in [0.29, 0.717) is 6.54 Å². The molecular formula is C23H35N3O. The number of hydrogen-bond donors (Lipinski definition) is 1. The topological polar surface area (TPSA) is 46.9 Å². The Bertz CT molecular complexity index is 705. The minimum atomic E-state index is -0.128. The first-order valence-corrected chi connectivity index (χ1v) is 10.6. The highest BCUT2D eigenvalue weighted by atomic mass is 16.1. The fourth-order valence-electron chi connectivity index (χ4n) is 3.52. The molecule has 1 amide bonds. The summed E-state index contributed by atoms with van der Waals surface area (Å²) in [6.45, 7) is 7.35. The van der Waals surface area contributed by atoms with Gasteiger partial charge in [0.2, 0.25) is 5.91 Å². The Morgan fingerprint density at radius 3 is 2.44 bits per heavy atom. The van der Waals surface area contributed by atoms with Gasteiger partial charge in [-0.3, -0.25) is 4.79 Å². The Kier molecular flexibility index (Phi) is 9.67. The van der Waals surface area contributed by atoms with E-state index >= 15 is 0 Å². The highest BCUT2D eigenvalue weighted by Crippen LogP contribution is 2.18. The quantitative estimate of drug-likeness (QED) is 0.357. The Labute approximate surface area is 164 Å². The average molecular weight is 370 g/mol. The molecule has 2 rings (SSSR count). The second-order valence-electron chi connectivity index (χ2n) is 7.24. The van der Waals surface area contributed by atoms with Crippen molar-refractivity contribution in [2.24, 2.45) is 0 Å². The molecule has 4 nitrogen and oxygen atoms in total. The molecule has 2 aromatic rings. The average Bonchev–Trinajstić information content (AvgIpc) is 3.04. The van der Waals surface area contributed by atoms with Crippen LogP contribution in [-0.4, -0.2) is 22.0 Å². The van der Waals surface area contributed by atoms with E-state index in [4.69, 9.17) is 4.98 Å². The van der Waals surface area contributed by atoms with Crippen LogP contribution in [0.15, 0.2) is 36.9 Å². The van der Waals surface area contributed by atoms with Gasteiger partial charge in [0.25, 0.3) is 0 Å². The summed E-state index contributed by atoms with van der Waals surface area (Å²) < 4.78 is 2.33. The Hall–Kier alpha value is -2.10. The van der Waals surface area contributed by atoms with Crippen LogP contribution >= 0.6 is 0 Å². The summed E-state index contributed by atoms with van der Waals surface area (Å²) in [5.74, 6) is 0.928. The number of amides is 1. The minimum Gasteiger partial charge on any atom is -0.352 e. The zero-order valence-electron chi connectivity index (χ0n) is 16.9. The molecular weight excluding hydrogens is 334 g/mol. The highest BCUT2D eigenvalue weighted by molar-refractivity contribution is 5.86. The lowest BCUT2D eigenvalue weighted by atomic mass is 10.1. The molecule has 1 aromatic heterocycles. The molecule has 0 fully saturated rings. The Balaban J connectivity index is 1.81. The molecule has 0 radical (unpaired) electrons. The first-order chi connectivity index (χ1) is 13.3. The van der Waals surface area contributed by atoms with E-state index in [0.717, 1.165) is 24.3 Å². The van der Waals surface area contributed by atoms with Gasteiger partial charge in [-0.25, -0.2) is 4.98 Å². The van der Waals surface area contributed by atoms with Gasteiger partial charge >= 0.3 is 0 Å². The molecule has 0 aliphatic heterocycles. The van der Waals surface area contributed by atoms with Crippen LogP contribution in [0.4, 0.5) is 0 Å². The molecule has 0 aliphatic carbocycles. The first kappa shape index (κ1) is 21.2. The molecule has 1 aromatic carbocycles. The van der Waals surface area contributed by atoms with Crippen LogP contribution in [0.25, 0.3) is 11.0 Å². The molecule has 1 N–H and O–H groups in total. The van der Waals surface area contributed by atoms with Crippen LogP contribution in [0.1, 0.15) is 70.5 Å². The maximum Gasteiger partial charge on any atom is 0.243 e. The lowest BCUT2D eigenvalue weighted by Crippen LogP contribution is -2.24. The maximum atomic E-state index is 11.4. The normalized spacial score (nSPS) is 11.0. The summed E-state index contributed by atoms with van der Waals surface area (Å²) in [7, 11) is 0. The summed E-state index contributed by atoms with van der Waals surface area (Å²) in [6, 6.07) is 8.30. The van der Waals surface area contributed by atoms with Crippen molar-refractivity contribution in [3.8, 4) is 0 Å². The molecule has 0 saturated carbocycles. The van der Waals surface area contributed by atoms with Crippen molar-refractivity contribution in [3.05, 3.63) is 42.7 Å². The summed E-state index contributed by atoms with van der Waals surface area (Å²) in [6.07, 6.45) is 14.0. The van der Waals surface area contributed by atoms with Gasteiger partial charge in [-0.2, -0.15) is 0 Å². The number of carbonyl (C=O) groups excluding carboxylic acids is 1. The zero-order chi connectivity index (χ0) is 19.3. The van der Waals surface area contributed by atoms with E-state index < -0.39 is 0 Å². The number of nitrogens with one attached hydrogen (secondary N) is 1. The van der Waals surface area contributed by atoms with Gasteiger partial charge in [-0.1, -0.05) is 77.0 Å². The fraction of sp³-hybridized carbons (Fsp3) is 0.565. The molecule has 0 atom stereocenters. The second-order valence-corrected chi connectivity index (χ2v) is 7.24. The minimum absolute atomic E-state index is 0.128. The SMILES string of the molecule is C=CC(=O)NCCc1nc2ccccc2n1CCCCCCCCCCC. The summed E-state index contributed by atoms with van der Waals surface area (Å²) >= 11 is 0. The molecule has 0 unspecified atom stereocenters. The number of imidazole rings is 1. The predicted molar refractivity (Wildman–Crippen MR) is 114 cm³/mol. The number of para-hydroxylation sites is 2. The third-order valence-electron chi connectivity index (χ3n) is 5.05. The molecule has 0 aliphatic rings. The smallest absolute Gasteiger partial charge is 0.243 e. The van der Waals surface area contributed by atoms with Crippen LogP contribution in [0.3, 0.4) is 0 Å². The van der Waals surface area contributed by atoms with Gasteiger partial charge in [-0.05, 0) is 24.6 Å². The molecule has 0 spiro atoms. The van der Waals surface area contributed by atoms with Gasteiger partial charge in [0, 0.05) is 19.5 Å². The van der Waals surface area contributed by atoms with Crippen molar-refractivity contribution in [1.82, 2.24) is 14.9 Å². The fourth-order valence-corrected chi connectivity index (χ4v) is 3.52. The lowest BCUT2D eigenvalue weighted by Gasteiger charge is -2.10. The van der Waals surface area contributed by atoms with Crippen LogP contribution in [0.2, 0.25) is 0 Å². The van der Waals surface area contributed by atoms with Crippen molar-refractivity contribution in [2.75, 3.05) is 6.54 Å². The highest BCUT2D eigenvalue weighted by Gasteiger charge is 2.10. The van der Waals surface area contributed by atoms with E-state index in [9.17, 15) is 4.79 Å². The van der Waals surface area contributed by atoms with Gasteiger partial charge in [0.1, 0.15) is 5.82 Å². The number of aryl methyl sites for hydroxylation is 1. The number of hydrogen-bond acceptors (Lipinski definition) is 2. The van der Waals surface area contributed by atoms with Crippen LogP contribution in [-0.2, 0) is 17.8 Å². The summed E-state index contributed by atoms with van der Waals surface area (Å²) in [5.41, 5.74) is 2.24. The molecule has 27 heavy (non-hydrogen) atoms. The number of aromatic nitrogens is 2. The summed E-state index contributed by atoms with van der Waals surface area (Å²) in [5, 5.41) is 2.85. The van der Waals surface area contributed by atoms with E-state index in [1.165, 1.54) is 69.4 Å². The van der Waals surface area contributed by atoms with Gasteiger partial charge < -0.3 is 9.88 Å². The molecule has 0 saturated heterocycles. The summed E-state index contributed by atoms with van der Waals surface area (Å²) in [4.78, 5) is 16.1. The zero-order valence-corrected chi connectivity index (χ0v) is 16.9. The molecule has 0 bridgehead atoms. The second kappa shape index (κ2) is 12.3. The monoisotopic (exact) mass is 369 g/mol. The van der Waals surface area contributed by atoms with E-state index in [1.54, 1.807) is 0 Å². The number of unbranched alkanes of at least 4 members (excludes halogenated alkanes) is 8. The van der Waals surface area contributed by atoms with Gasteiger partial charge in [0.05, 0.1) is 11.0 Å². The Morgan fingerprint density at radius 2 is 1.74 bits per heavy atom. The van der Waals surface area contributed by atoms with E-state index in [1.807, 2.05) is 6.07 Å². The van der Waals surface area contributed by atoms with Gasteiger partial charge in [0.15, 0.2) is 0 Å². The van der Waals surface area contributed by atoms with Crippen molar-refractivity contribution in [1.29, 1.82) is 0 Å². The molecule has 1 heterocycles. The van der Waals surface area contributed by atoms with Crippen molar-refractivity contribution >= 4 is 16.9 Å². The third kappa shape index (κ3) is 7.20. The number of benzene rings is 1. The maximum absolute atomic E-state index is 11.4. The van der Waals surface area contributed by atoms with Crippen LogP contribution in [0.5, 0.6) is 0 Å². The van der Waals surface area contributed by atoms with Crippen LogP contribution < -0.4 is 5.32 Å². The number of nitrogens with zero attached hydrogens (tertiary/aromatic N) is 2. The standard InChI is InChI=1S/C23H35N3O/c1-3-5-6-7-8-9-10-11-14-19-26-21-16-13-12-15-20(21)25-22(26)17-18-24-23(27)4-2/h4,12-13,15-16H,2-3,5-11,14,17-19H2,1H3,(H,24,27). The van der Waals surface area contributed by atoms with E-state index in [-0.39, 0.29) is 5.91 Å². The number of fused-ring (bicyclic) bond motifs is 1. The third-order valence-corrected chi connectivity index (χ3v) is 5.05. The van der Waals surface area contributed by atoms with Crippen molar-refractivity contribution in [2.45, 2.75) is 77.7 Å². The van der Waals surface area contributed by atoms with E-state index in [2.05, 4.69) is 41.6 Å².